The van der Waals surface area contributed by atoms with Gasteiger partial charge in [-0.25, -0.2) is 13.1 Å². The van der Waals surface area contributed by atoms with Gasteiger partial charge < -0.3 is 9.88 Å². The van der Waals surface area contributed by atoms with Gasteiger partial charge in [-0.2, -0.15) is 0 Å². The predicted octanol–water partition coefficient (Wildman–Crippen LogP) is 2.06. The average molecular weight is 347 g/mol. The van der Waals surface area contributed by atoms with Crippen LogP contribution >= 0.6 is 0 Å². The Morgan fingerprint density at radius 1 is 1.21 bits per heavy atom. The Kier molecular flexibility index (Phi) is 4.47. The molecule has 0 atom stereocenters. The molecule has 1 aromatic heterocycles. The van der Waals surface area contributed by atoms with Gasteiger partial charge in [-0.3, -0.25) is 4.79 Å². The molecule has 0 spiro atoms. The van der Waals surface area contributed by atoms with Gasteiger partial charge in [-0.1, -0.05) is 12.1 Å². The molecule has 24 heavy (non-hydrogen) atoms. The first-order chi connectivity index (χ1) is 11.4. The number of carbonyl (C=O) groups excluding carboxylic acids is 1. The predicted molar refractivity (Wildman–Crippen MR) is 92.7 cm³/mol. The summed E-state index contributed by atoms with van der Waals surface area (Å²) in [5, 5.41) is 2.93. The number of aromatic nitrogens is 1. The molecule has 2 N–H and O–H groups in total. The minimum atomic E-state index is -3.57. The number of nitrogens with one attached hydrogen (secondary N) is 2. The number of benzene rings is 1. The summed E-state index contributed by atoms with van der Waals surface area (Å²) < 4.78 is 27.5. The lowest BCUT2D eigenvalue weighted by atomic mass is 9.90. The van der Waals surface area contributed by atoms with Crippen molar-refractivity contribution in [2.45, 2.75) is 30.6 Å². The van der Waals surface area contributed by atoms with Gasteiger partial charge in [0.05, 0.1) is 0 Å². The number of hydrogen-bond donors (Lipinski definition) is 2. The number of hydrogen-bond acceptors (Lipinski definition) is 3. The second kappa shape index (κ2) is 6.41. The zero-order chi connectivity index (χ0) is 17.3. The van der Waals surface area contributed by atoms with Crippen LogP contribution in [0.5, 0.6) is 0 Å². The highest BCUT2D eigenvalue weighted by Crippen LogP contribution is 2.28. The summed E-state index contributed by atoms with van der Waals surface area (Å²) in [7, 11) is -0.569. The molecule has 0 saturated heterocycles. The highest BCUT2D eigenvalue weighted by atomic mass is 32.2. The summed E-state index contributed by atoms with van der Waals surface area (Å²) in [6.45, 7) is 0. The Hall–Kier alpha value is -2.12. The van der Waals surface area contributed by atoms with Crippen LogP contribution in [0.15, 0.2) is 35.4 Å². The van der Waals surface area contributed by atoms with Crippen LogP contribution < -0.4 is 10.0 Å². The quantitative estimate of drug-likeness (QED) is 0.888. The fourth-order valence-corrected chi connectivity index (χ4v) is 3.91. The van der Waals surface area contributed by atoms with E-state index in [9.17, 15) is 13.2 Å². The highest BCUT2D eigenvalue weighted by molar-refractivity contribution is 7.89. The monoisotopic (exact) mass is 347 g/mol. The van der Waals surface area contributed by atoms with E-state index in [1.807, 2.05) is 12.1 Å². The molecule has 0 aliphatic heterocycles. The lowest BCUT2D eigenvalue weighted by Crippen LogP contribution is -2.18. The highest BCUT2D eigenvalue weighted by Gasteiger charge is 2.20. The van der Waals surface area contributed by atoms with Crippen LogP contribution in [0, 0.1) is 0 Å². The van der Waals surface area contributed by atoms with Crippen molar-refractivity contribution in [2.75, 3.05) is 12.4 Å². The summed E-state index contributed by atoms with van der Waals surface area (Å²) in [6.07, 6.45) is 5.72. The third-order valence-corrected chi connectivity index (χ3v) is 5.82. The largest absolute Gasteiger partial charge is 0.345 e. The molecule has 0 bridgehead atoms. The van der Waals surface area contributed by atoms with E-state index >= 15 is 0 Å². The molecule has 7 heteroatoms. The lowest BCUT2D eigenvalue weighted by Gasteiger charge is -2.19. The Morgan fingerprint density at radius 3 is 2.71 bits per heavy atom. The van der Waals surface area contributed by atoms with Crippen molar-refractivity contribution in [2.24, 2.45) is 7.05 Å². The Balaban J connectivity index is 1.89. The van der Waals surface area contributed by atoms with Crippen LogP contribution in [0.25, 0.3) is 0 Å². The van der Waals surface area contributed by atoms with E-state index in [4.69, 9.17) is 0 Å². The Labute approximate surface area is 141 Å². The smallest absolute Gasteiger partial charge is 0.272 e. The molecule has 1 aliphatic rings. The molecule has 1 heterocycles. The second-order valence-electron chi connectivity index (χ2n) is 5.98. The number of sulfonamides is 1. The fourth-order valence-electron chi connectivity index (χ4n) is 3.11. The summed E-state index contributed by atoms with van der Waals surface area (Å²) in [5.41, 5.74) is 3.59. The summed E-state index contributed by atoms with van der Waals surface area (Å²) >= 11 is 0. The Bertz CT molecular complexity index is 884. The number of nitrogens with zero attached hydrogens (tertiary/aromatic N) is 1. The molecular weight excluding hydrogens is 326 g/mol. The van der Waals surface area contributed by atoms with Gasteiger partial charge >= 0.3 is 0 Å². The SMILES string of the molecule is CNS(=O)(=O)c1cc(C(=O)Nc2cccc3c2CCCC3)n(C)c1. The maximum Gasteiger partial charge on any atom is 0.272 e. The van der Waals surface area contributed by atoms with Crippen LogP contribution in [0.2, 0.25) is 0 Å². The second-order valence-corrected chi connectivity index (χ2v) is 7.87. The fraction of sp³-hybridized carbons (Fsp3) is 0.353. The maximum absolute atomic E-state index is 12.6. The molecule has 128 valence electrons. The van der Waals surface area contributed by atoms with E-state index in [1.165, 1.54) is 41.4 Å². The van der Waals surface area contributed by atoms with E-state index < -0.39 is 10.0 Å². The molecule has 1 aliphatic carbocycles. The van der Waals surface area contributed by atoms with Crippen molar-refractivity contribution in [1.29, 1.82) is 0 Å². The molecule has 0 fully saturated rings. The van der Waals surface area contributed by atoms with E-state index in [1.54, 1.807) is 7.05 Å². The van der Waals surface area contributed by atoms with Gasteiger partial charge in [0.25, 0.3) is 5.91 Å². The number of amides is 1. The van der Waals surface area contributed by atoms with Gasteiger partial charge in [-0.15, -0.1) is 0 Å². The van der Waals surface area contributed by atoms with Gasteiger partial charge in [0.2, 0.25) is 10.0 Å². The minimum absolute atomic E-state index is 0.0766. The number of anilines is 1. The van der Waals surface area contributed by atoms with E-state index in [0.29, 0.717) is 5.69 Å². The van der Waals surface area contributed by atoms with Gasteiger partial charge in [0.15, 0.2) is 0 Å². The van der Waals surface area contributed by atoms with Crippen molar-refractivity contribution in [3.63, 3.8) is 0 Å². The van der Waals surface area contributed by atoms with E-state index in [2.05, 4.69) is 16.1 Å². The van der Waals surface area contributed by atoms with Gasteiger partial charge in [-0.05, 0) is 56.0 Å². The maximum atomic E-state index is 12.6. The summed E-state index contributed by atoms with van der Waals surface area (Å²) in [6, 6.07) is 7.33. The van der Waals surface area contributed by atoms with Crippen molar-refractivity contribution >= 4 is 21.6 Å². The van der Waals surface area contributed by atoms with Crippen LogP contribution in [0.1, 0.15) is 34.5 Å². The number of carbonyl (C=O) groups is 1. The van der Waals surface area contributed by atoms with Crippen molar-refractivity contribution in [3.05, 3.63) is 47.3 Å². The summed E-state index contributed by atoms with van der Waals surface area (Å²) in [4.78, 5) is 12.7. The molecule has 0 unspecified atom stereocenters. The van der Waals surface area contributed by atoms with E-state index in [-0.39, 0.29) is 10.8 Å². The van der Waals surface area contributed by atoms with E-state index in [0.717, 1.165) is 24.9 Å². The van der Waals surface area contributed by atoms with Gasteiger partial charge in [0.1, 0.15) is 10.6 Å². The molecule has 3 rings (SSSR count). The third kappa shape index (κ3) is 3.09. The van der Waals surface area contributed by atoms with Crippen molar-refractivity contribution in [3.8, 4) is 0 Å². The summed E-state index contributed by atoms with van der Waals surface area (Å²) in [5.74, 6) is -0.311. The van der Waals surface area contributed by atoms with Crippen LogP contribution in [0.3, 0.4) is 0 Å². The zero-order valence-corrected chi connectivity index (χ0v) is 14.6. The molecule has 6 nitrogen and oxygen atoms in total. The first-order valence-corrected chi connectivity index (χ1v) is 9.43. The molecule has 1 amide bonds. The normalized spacial score (nSPS) is 14.2. The Morgan fingerprint density at radius 2 is 1.96 bits per heavy atom. The number of fused-ring (bicyclic) bond motifs is 1. The molecule has 1 aromatic carbocycles. The van der Waals surface area contributed by atoms with Crippen LogP contribution in [0.4, 0.5) is 5.69 Å². The van der Waals surface area contributed by atoms with Gasteiger partial charge in [0, 0.05) is 18.9 Å². The van der Waals surface area contributed by atoms with Crippen molar-refractivity contribution in [1.82, 2.24) is 9.29 Å². The standard InChI is InChI=1S/C17H21N3O3S/c1-18-24(22,23)13-10-16(20(2)11-13)17(21)19-15-9-5-7-12-6-3-4-8-14(12)15/h5,7,9-11,18H,3-4,6,8H2,1-2H3,(H,19,21). The first kappa shape index (κ1) is 16.7. The zero-order valence-electron chi connectivity index (χ0n) is 13.8. The topological polar surface area (TPSA) is 80.2 Å². The molecular formula is C17H21N3O3S. The average Bonchev–Trinajstić information content (AvgIpc) is 2.98. The van der Waals surface area contributed by atoms with Crippen LogP contribution in [-0.2, 0) is 29.9 Å². The van der Waals surface area contributed by atoms with Crippen molar-refractivity contribution < 1.29 is 13.2 Å². The number of rotatable bonds is 4. The molecule has 0 saturated carbocycles. The first-order valence-electron chi connectivity index (χ1n) is 7.94. The lowest BCUT2D eigenvalue weighted by molar-refractivity contribution is 0.101. The van der Waals surface area contributed by atoms with Crippen LogP contribution in [-0.4, -0.2) is 25.9 Å². The molecule has 2 aromatic rings. The number of aryl methyl sites for hydroxylation is 2. The minimum Gasteiger partial charge on any atom is -0.345 e. The molecule has 0 radical (unpaired) electrons. The third-order valence-electron chi connectivity index (χ3n) is 4.44.